The minimum atomic E-state index is -0.175. The molecule has 0 atom stereocenters. The summed E-state index contributed by atoms with van der Waals surface area (Å²) >= 11 is 5.28. The van der Waals surface area contributed by atoms with Crippen molar-refractivity contribution < 1.29 is 0 Å². The molecule has 0 spiro atoms. The Labute approximate surface area is 162 Å². The number of hydrogen-bond acceptors (Lipinski definition) is 3. The number of H-pyrrole nitrogens is 1. The van der Waals surface area contributed by atoms with Crippen molar-refractivity contribution in [3.63, 3.8) is 0 Å². The zero-order valence-electron chi connectivity index (χ0n) is 15.7. The Hall–Kier alpha value is -3.13. The molecule has 1 aromatic carbocycles. The Kier molecular flexibility index (Phi) is 5.27. The Balaban J connectivity index is 1.77. The summed E-state index contributed by atoms with van der Waals surface area (Å²) in [4.78, 5) is 16.0. The molecule has 0 fully saturated rings. The highest BCUT2D eigenvalue weighted by atomic mass is 32.1. The number of aromatic nitrogens is 3. The molecule has 8 heteroatoms. The van der Waals surface area contributed by atoms with Crippen LogP contribution >= 0.6 is 12.2 Å². The van der Waals surface area contributed by atoms with Gasteiger partial charge in [-0.1, -0.05) is 18.2 Å². The fourth-order valence-corrected chi connectivity index (χ4v) is 3.05. The summed E-state index contributed by atoms with van der Waals surface area (Å²) in [5, 5.41) is 7.36. The Morgan fingerprint density at radius 1 is 1.22 bits per heavy atom. The third kappa shape index (κ3) is 3.85. The van der Waals surface area contributed by atoms with E-state index in [1.807, 2.05) is 64.2 Å². The van der Waals surface area contributed by atoms with Gasteiger partial charge in [-0.15, -0.1) is 0 Å². The fourth-order valence-electron chi connectivity index (χ4n) is 2.89. The van der Waals surface area contributed by atoms with Crippen LogP contribution in [-0.2, 0) is 7.05 Å². The quantitative estimate of drug-likeness (QED) is 0.368. The summed E-state index contributed by atoms with van der Waals surface area (Å²) in [6, 6.07) is 11.5. The van der Waals surface area contributed by atoms with Gasteiger partial charge in [-0.25, -0.2) is 4.68 Å². The van der Waals surface area contributed by atoms with Crippen molar-refractivity contribution in [1.29, 1.82) is 0 Å². The maximum Gasteiger partial charge on any atom is 0.295 e. The lowest BCUT2D eigenvalue weighted by Gasteiger charge is -2.07. The minimum absolute atomic E-state index is 0.175. The van der Waals surface area contributed by atoms with Crippen molar-refractivity contribution in [3.8, 4) is 5.69 Å². The molecular weight excluding hydrogens is 360 g/mol. The number of aryl methyl sites for hydroxylation is 2. The first-order valence-electron chi connectivity index (χ1n) is 8.48. The zero-order chi connectivity index (χ0) is 19.6. The number of anilines is 1. The van der Waals surface area contributed by atoms with E-state index >= 15 is 0 Å². The molecule has 3 N–H and O–H groups in total. The predicted octanol–water partition coefficient (Wildman–Crippen LogP) is 2.75. The van der Waals surface area contributed by atoms with Crippen molar-refractivity contribution in [1.82, 2.24) is 19.8 Å². The molecule has 0 aliphatic heterocycles. The van der Waals surface area contributed by atoms with Crippen LogP contribution in [0, 0.1) is 20.8 Å². The van der Waals surface area contributed by atoms with Crippen LogP contribution < -0.4 is 16.3 Å². The van der Waals surface area contributed by atoms with Gasteiger partial charge in [0.25, 0.3) is 5.56 Å². The van der Waals surface area contributed by atoms with Crippen molar-refractivity contribution in [2.24, 2.45) is 12.1 Å². The molecule has 0 aliphatic rings. The summed E-state index contributed by atoms with van der Waals surface area (Å²) in [5.74, 6) is 0. The summed E-state index contributed by atoms with van der Waals surface area (Å²) < 4.78 is 3.38. The van der Waals surface area contributed by atoms with Gasteiger partial charge < -0.3 is 10.3 Å². The molecule has 0 aliphatic carbocycles. The van der Waals surface area contributed by atoms with Gasteiger partial charge in [0.15, 0.2) is 5.11 Å². The van der Waals surface area contributed by atoms with Gasteiger partial charge in [-0.3, -0.25) is 14.9 Å². The van der Waals surface area contributed by atoms with E-state index in [9.17, 15) is 4.79 Å². The number of thiocarbonyl (C=S) groups is 1. The maximum absolute atomic E-state index is 12.8. The van der Waals surface area contributed by atoms with Crippen molar-refractivity contribution in [2.75, 3.05) is 5.32 Å². The standard InChI is InChI=1S/C19H22N6OS/c1-12-10-15(13(2)21-12)11-20-23-19(27)22-17-14(3)24(4)25(18(17)26)16-8-6-5-7-9-16/h5-11,21H,1-4H3,(H2,22,23,27)/b20-11+. The number of benzene rings is 1. The molecule has 0 saturated heterocycles. The number of para-hydroxylation sites is 1. The molecule has 140 valence electrons. The third-order valence-corrected chi connectivity index (χ3v) is 4.55. The largest absolute Gasteiger partial charge is 0.362 e. The molecule has 2 heterocycles. The average Bonchev–Trinajstić information content (AvgIpc) is 3.06. The lowest BCUT2D eigenvalue weighted by Crippen LogP contribution is -2.28. The normalized spacial score (nSPS) is 11.1. The van der Waals surface area contributed by atoms with Crippen molar-refractivity contribution >= 4 is 29.2 Å². The highest BCUT2D eigenvalue weighted by Gasteiger charge is 2.16. The Morgan fingerprint density at radius 2 is 1.93 bits per heavy atom. The summed E-state index contributed by atoms with van der Waals surface area (Å²) in [6.07, 6.45) is 1.69. The lowest BCUT2D eigenvalue weighted by atomic mass is 10.3. The monoisotopic (exact) mass is 382 g/mol. The molecule has 27 heavy (non-hydrogen) atoms. The van der Waals surface area contributed by atoms with Gasteiger partial charge in [0.05, 0.1) is 17.6 Å². The number of nitrogens with zero attached hydrogens (tertiary/aromatic N) is 3. The number of rotatable bonds is 4. The van der Waals surface area contributed by atoms with E-state index in [0.717, 1.165) is 28.3 Å². The predicted molar refractivity (Wildman–Crippen MR) is 113 cm³/mol. The van der Waals surface area contributed by atoms with E-state index in [-0.39, 0.29) is 10.7 Å². The first-order valence-corrected chi connectivity index (χ1v) is 8.89. The number of hydrogen-bond donors (Lipinski definition) is 3. The van der Waals surface area contributed by atoms with Crippen LogP contribution in [0.15, 0.2) is 46.3 Å². The van der Waals surface area contributed by atoms with Gasteiger partial charge in [0, 0.05) is 24.0 Å². The van der Waals surface area contributed by atoms with Crippen LogP contribution in [0.3, 0.4) is 0 Å². The van der Waals surface area contributed by atoms with E-state index in [4.69, 9.17) is 12.2 Å². The van der Waals surface area contributed by atoms with Crippen LogP contribution in [0.25, 0.3) is 5.69 Å². The van der Waals surface area contributed by atoms with Crippen LogP contribution in [0.5, 0.6) is 0 Å². The second kappa shape index (κ2) is 7.63. The van der Waals surface area contributed by atoms with Crippen LogP contribution in [0.2, 0.25) is 0 Å². The van der Waals surface area contributed by atoms with Crippen LogP contribution in [-0.4, -0.2) is 25.7 Å². The summed E-state index contributed by atoms with van der Waals surface area (Å²) in [5.41, 5.74) is 7.63. The van der Waals surface area contributed by atoms with Crippen LogP contribution in [0.4, 0.5) is 5.69 Å². The molecule has 0 saturated carbocycles. The minimum Gasteiger partial charge on any atom is -0.362 e. The fraction of sp³-hybridized carbons (Fsp3) is 0.211. The second-order valence-corrected chi connectivity index (χ2v) is 6.70. The summed E-state index contributed by atoms with van der Waals surface area (Å²) in [7, 11) is 1.83. The number of aromatic amines is 1. The van der Waals surface area contributed by atoms with Gasteiger partial charge in [0.1, 0.15) is 5.69 Å². The number of hydrazone groups is 1. The van der Waals surface area contributed by atoms with Crippen molar-refractivity contribution in [2.45, 2.75) is 20.8 Å². The SMILES string of the molecule is Cc1cc(/C=N/NC(=S)Nc2c(C)n(C)n(-c3ccccc3)c2=O)c(C)[nH]1. The van der Waals surface area contributed by atoms with Gasteiger partial charge in [-0.05, 0) is 51.2 Å². The third-order valence-electron chi connectivity index (χ3n) is 4.35. The molecule has 7 nitrogen and oxygen atoms in total. The molecule has 3 aromatic rings. The topological polar surface area (TPSA) is 79.1 Å². The van der Waals surface area contributed by atoms with Crippen molar-refractivity contribution in [3.05, 3.63) is 69.4 Å². The average molecular weight is 382 g/mol. The molecule has 0 unspecified atom stereocenters. The first kappa shape index (κ1) is 18.7. The molecule has 0 amide bonds. The molecule has 2 aromatic heterocycles. The molecule has 0 radical (unpaired) electrons. The Morgan fingerprint density at radius 3 is 2.56 bits per heavy atom. The van der Waals surface area contributed by atoms with E-state index in [1.54, 1.807) is 15.6 Å². The van der Waals surface area contributed by atoms with E-state index in [1.165, 1.54) is 0 Å². The van der Waals surface area contributed by atoms with Gasteiger partial charge >= 0.3 is 0 Å². The Bertz CT molecular complexity index is 1060. The first-order chi connectivity index (χ1) is 12.9. The zero-order valence-corrected chi connectivity index (χ0v) is 16.5. The lowest BCUT2D eigenvalue weighted by molar-refractivity contribution is 0.630. The second-order valence-electron chi connectivity index (χ2n) is 6.29. The molecular formula is C19H22N6OS. The van der Waals surface area contributed by atoms with Gasteiger partial charge in [-0.2, -0.15) is 5.10 Å². The summed E-state index contributed by atoms with van der Waals surface area (Å²) in [6.45, 7) is 5.82. The van der Waals surface area contributed by atoms with E-state index in [0.29, 0.717) is 5.69 Å². The molecule has 3 rings (SSSR count). The smallest absolute Gasteiger partial charge is 0.295 e. The van der Waals surface area contributed by atoms with E-state index < -0.39 is 0 Å². The number of nitrogens with one attached hydrogen (secondary N) is 3. The van der Waals surface area contributed by atoms with Crippen LogP contribution in [0.1, 0.15) is 22.6 Å². The molecule has 0 bridgehead atoms. The maximum atomic E-state index is 12.8. The van der Waals surface area contributed by atoms with Gasteiger partial charge in [0.2, 0.25) is 0 Å². The van der Waals surface area contributed by atoms with E-state index in [2.05, 4.69) is 20.8 Å². The highest BCUT2D eigenvalue weighted by Crippen LogP contribution is 2.13. The highest BCUT2D eigenvalue weighted by molar-refractivity contribution is 7.80.